The van der Waals surface area contributed by atoms with Crippen LogP contribution in [0.1, 0.15) is 35.3 Å². The second kappa shape index (κ2) is 7.82. The number of rotatable bonds is 6. The van der Waals surface area contributed by atoms with Crippen molar-refractivity contribution in [2.24, 2.45) is 5.92 Å². The number of anilines is 2. The molecule has 0 radical (unpaired) electrons. The summed E-state index contributed by atoms with van der Waals surface area (Å²) in [6.45, 7) is 4.36. The average molecular weight is 350 g/mol. The van der Waals surface area contributed by atoms with E-state index in [0.717, 1.165) is 18.3 Å². The average Bonchev–Trinajstić information content (AvgIpc) is 2.63. The second-order valence-corrected chi connectivity index (χ2v) is 6.40. The second-order valence-electron chi connectivity index (χ2n) is 6.40. The molecule has 26 heavy (non-hydrogen) atoms. The molecule has 0 fully saturated rings. The summed E-state index contributed by atoms with van der Waals surface area (Å²) in [5, 5.41) is 3.08. The third-order valence-electron chi connectivity index (χ3n) is 3.79. The molecule has 0 atom stereocenters. The highest BCUT2D eigenvalue weighted by Gasteiger charge is 2.14. The lowest BCUT2D eigenvalue weighted by Gasteiger charge is -2.08. The van der Waals surface area contributed by atoms with Gasteiger partial charge in [-0.25, -0.2) is 14.4 Å². The van der Waals surface area contributed by atoms with Crippen molar-refractivity contribution in [1.29, 1.82) is 0 Å². The Morgan fingerprint density at radius 1 is 1.08 bits per heavy atom. The molecule has 0 spiro atoms. The van der Waals surface area contributed by atoms with E-state index in [1.165, 1.54) is 30.2 Å². The maximum atomic E-state index is 13.7. The van der Waals surface area contributed by atoms with Gasteiger partial charge in [-0.05, 0) is 36.1 Å². The number of aromatic nitrogens is 3. The Morgan fingerprint density at radius 3 is 2.38 bits per heavy atom. The molecule has 0 aliphatic rings. The van der Waals surface area contributed by atoms with E-state index >= 15 is 0 Å². The fraction of sp³-hybridized carbons (Fsp3) is 0.200. The summed E-state index contributed by atoms with van der Waals surface area (Å²) < 4.78 is 13.7. The molecule has 5 nitrogen and oxygen atoms in total. The number of carbonyl (C=O) groups is 1. The van der Waals surface area contributed by atoms with Gasteiger partial charge in [-0.3, -0.25) is 9.78 Å². The van der Waals surface area contributed by atoms with Crippen LogP contribution < -0.4 is 5.32 Å². The summed E-state index contributed by atoms with van der Waals surface area (Å²) in [5.74, 6) is -0.170. The normalized spacial score (nSPS) is 10.8. The van der Waals surface area contributed by atoms with Crippen molar-refractivity contribution in [3.63, 3.8) is 0 Å². The van der Waals surface area contributed by atoms with E-state index in [0.29, 0.717) is 11.9 Å². The van der Waals surface area contributed by atoms with Crippen molar-refractivity contribution in [3.8, 4) is 0 Å². The van der Waals surface area contributed by atoms with E-state index in [9.17, 15) is 9.18 Å². The predicted octanol–water partition coefficient (Wildman–Crippen LogP) is 4.18. The van der Waals surface area contributed by atoms with Crippen molar-refractivity contribution in [2.45, 2.75) is 20.3 Å². The standard InChI is InChI=1S/C20H19FN4O/c1-13(2)9-14-3-5-16(6-4-14)25-20-23-10-15(11-24-20)19(26)17-7-8-22-12-18(17)21/h3-8,10-13H,9H2,1-2H3,(H,23,24,25). The summed E-state index contributed by atoms with van der Waals surface area (Å²) in [6, 6.07) is 9.39. The molecule has 0 unspecified atom stereocenters. The molecule has 3 rings (SSSR count). The third-order valence-corrected chi connectivity index (χ3v) is 3.79. The number of hydrogen-bond donors (Lipinski definition) is 1. The smallest absolute Gasteiger partial charge is 0.227 e. The monoisotopic (exact) mass is 350 g/mol. The number of hydrogen-bond acceptors (Lipinski definition) is 5. The number of nitrogens with one attached hydrogen (secondary N) is 1. The molecule has 1 aromatic carbocycles. The van der Waals surface area contributed by atoms with Gasteiger partial charge in [-0.15, -0.1) is 0 Å². The van der Waals surface area contributed by atoms with Gasteiger partial charge < -0.3 is 5.32 Å². The van der Waals surface area contributed by atoms with Crippen LogP contribution in [0.5, 0.6) is 0 Å². The van der Waals surface area contributed by atoms with E-state index in [1.54, 1.807) is 0 Å². The maximum absolute atomic E-state index is 13.7. The van der Waals surface area contributed by atoms with Crippen molar-refractivity contribution >= 4 is 17.4 Å². The number of halogens is 1. The lowest BCUT2D eigenvalue weighted by Crippen LogP contribution is -2.07. The lowest BCUT2D eigenvalue weighted by atomic mass is 10.0. The minimum absolute atomic E-state index is 0.0509. The van der Waals surface area contributed by atoms with E-state index < -0.39 is 11.6 Å². The summed E-state index contributed by atoms with van der Waals surface area (Å²) in [7, 11) is 0. The predicted molar refractivity (Wildman–Crippen MR) is 97.9 cm³/mol. The van der Waals surface area contributed by atoms with Crippen LogP contribution in [0.3, 0.4) is 0 Å². The molecule has 2 aromatic heterocycles. The highest BCUT2D eigenvalue weighted by Crippen LogP contribution is 2.17. The molecule has 3 aromatic rings. The minimum Gasteiger partial charge on any atom is -0.324 e. The summed E-state index contributed by atoms with van der Waals surface area (Å²) in [5.41, 5.74) is 2.29. The zero-order valence-corrected chi connectivity index (χ0v) is 14.6. The number of carbonyl (C=O) groups excluding carboxylic acids is 1. The number of pyridine rings is 1. The van der Waals surface area contributed by atoms with Crippen molar-refractivity contribution < 1.29 is 9.18 Å². The summed E-state index contributed by atoms with van der Waals surface area (Å²) in [6.07, 6.45) is 6.16. The molecule has 6 heteroatoms. The Kier molecular flexibility index (Phi) is 5.31. The SMILES string of the molecule is CC(C)Cc1ccc(Nc2ncc(C(=O)c3ccncc3F)cn2)cc1. The molecule has 2 heterocycles. The van der Waals surface area contributed by atoms with Gasteiger partial charge in [0.1, 0.15) is 0 Å². The summed E-state index contributed by atoms with van der Waals surface area (Å²) in [4.78, 5) is 24.2. The first-order valence-corrected chi connectivity index (χ1v) is 8.35. The van der Waals surface area contributed by atoms with Crippen LogP contribution in [0.15, 0.2) is 55.1 Å². The quantitative estimate of drug-likeness (QED) is 0.675. The molecule has 132 valence electrons. The number of benzene rings is 1. The molecule has 0 aliphatic heterocycles. The Bertz CT molecular complexity index is 892. The Hall–Kier alpha value is -3.15. The third kappa shape index (κ3) is 4.27. The molecular weight excluding hydrogens is 331 g/mol. The Morgan fingerprint density at radius 2 is 1.77 bits per heavy atom. The van der Waals surface area contributed by atoms with E-state index in [2.05, 4.69) is 46.2 Å². The minimum atomic E-state index is -0.666. The number of nitrogens with zero attached hydrogens (tertiary/aromatic N) is 3. The molecule has 0 aliphatic carbocycles. The first-order valence-electron chi connectivity index (χ1n) is 8.35. The fourth-order valence-electron chi connectivity index (χ4n) is 2.55. The zero-order chi connectivity index (χ0) is 18.5. The van der Waals surface area contributed by atoms with Gasteiger partial charge in [0.05, 0.1) is 17.3 Å². The fourth-order valence-corrected chi connectivity index (χ4v) is 2.55. The van der Waals surface area contributed by atoms with Gasteiger partial charge >= 0.3 is 0 Å². The van der Waals surface area contributed by atoms with E-state index in [-0.39, 0.29) is 11.1 Å². The van der Waals surface area contributed by atoms with Crippen LogP contribution in [0, 0.1) is 11.7 Å². The van der Waals surface area contributed by atoms with Gasteiger partial charge in [-0.1, -0.05) is 26.0 Å². The van der Waals surface area contributed by atoms with E-state index in [1.807, 2.05) is 12.1 Å². The zero-order valence-electron chi connectivity index (χ0n) is 14.6. The van der Waals surface area contributed by atoms with Gasteiger partial charge in [0.15, 0.2) is 11.6 Å². The van der Waals surface area contributed by atoms with Crippen molar-refractivity contribution in [3.05, 3.63) is 77.6 Å². The van der Waals surface area contributed by atoms with Crippen LogP contribution in [0.4, 0.5) is 16.0 Å². The number of ketones is 1. The van der Waals surface area contributed by atoms with Gasteiger partial charge in [0.25, 0.3) is 0 Å². The van der Waals surface area contributed by atoms with Crippen molar-refractivity contribution in [1.82, 2.24) is 15.0 Å². The summed E-state index contributed by atoms with van der Waals surface area (Å²) >= 11 is 0. The molecule has 0 bridgehead atoms. The molecule has 0 saturated heterocycles. The molecule has 0 saturated carbocycles. The molecular formula is C20H19FN4O. The van der Waals surface area contributed by atoms with E-state index in [4.69, 9.17) is 0 Å². The van der Waals surface area contributed by atoms with Crippen LogP contribution in [-0.4, -0.2) is 20.7 Å². The highest BCUT2D eigenvalue weighted by molar-refractivity contribution is 6.08. The van der Waals surface area contributed by atoms with Crippen LogP contribution in [-0.2, 0) is 6.42 Å². The van der Waals surface area contributed by atoms with Gasteiger partial charge in [-0.2, -0.15) is 0 Å². The van der Waals surface area contributed by atoms with Crippen LogP contribution in [0.25, 0.3) is 0 Å². The van der Waals surface area contributed by atoms with Crippen molar-refractivity contribution in [2.75, 3.05) is 5.32 Å². The maximum Gasteiger partial charge on any atom is 0.227 e. The highest BCUT2D eigenvalue weighted by atomic mass is 19.1. The Balaban J connectivity index is 1.70. The van der Waals surface area contributed by atoms with Crippen LogP contribution in [0.2, 0.25) is 0 Å². The first-order chi connectivity index (χ1) is 12.5. The first kappa shape index (κ1) is 17.7. The topological polar surface area (TPSA) is 67.8 Å². The van der Waals surface area contributed by atoms with Gasteiger partial charge in [0, 0.05) is 24.3 Å². The van der Waals surface area contributed by atoms with Gasteiger partial charge in [0.2, 0.25) is 5.95 Å². The molecule has 0 amide bonds. The molecule has 1 N–H and O–H groups in total. The Labute approximate surface area is 151 Å². The largest absolute Gasteiger partial charge is 0.324 e. The lowest BCUT2D eigenvalue weighted by molar-refractivity contribution is 0.103. The van der Waals surface area contributed by atoms with Crippen LogP contribution >= 0.6 is 0 Å².